The summed E-state index contributed by atoms with van der Waals surface area (Å²) in [6.45, 7) is 0. The van der Waals surface area contributed by atoms with Crippen LogP contribution in [0.3, 0.4) is 0 Å². The number of nitro groups is 1. The Kier molecular flexibility index (Phi) is 5.67. The van der Waals surface area contributed by atoms with Crippen LogP contribution in [-0.2, 0) is 0 Å². The Labute approximate surface area is 147 Å². The number of methoxy groups -OCH3 is 1. The molecule has 2 aromatic rings. The highest BCUT2D eigenvalue weighted by molar-refractivity contribution is 7.80. The summed E-state index contributed by atoms with van der Waals surface area (Å²) in [7, 11) is 1.42. The number of nitrogens with zero attached hydrogens (tertiary/aromatic N) is 1. The number of ether oxygens (including phenoxy) is 1. The molecular formula is C15H12ClN3O4S. The van der Waals surface area contributed by atoms with Gasteiger partial charge in [-0.15, -0.1) is 0 Å². The zero-order chi connectivity index (χ0) is 17.7. The van der Waals surface area contributed by atoms with Gasteiger partial charge in [-0.2, -0.15) is 0 Å². The van der Waals surface area contributed by atoms with E-state index >= 15 is 0 Å². The first-order valence-electron chi connectivity index (χ1n) is 6.61. The van der Waals surface area contributed by atoms with Crippen LogP contribution in [0.4, 0.5) is 11.4 Å². The molecule has 1 amide bonds. The molecule has 0 fully saturated rings. The number of carbonyl (C=O) groups is 1. The minimum Gasteiger partial charge on any atom is -0.496 e. The van der Waals surface area contributed by atoms with E-state index in [1.807, 2.05) is 0 Å². The average Bonchev–Trinajstić information content (AvgIpc) is 2.54. The number of carbonyl (C=O) groups excluding carboxylic acids is 1. The summed E-state index contributed by atoms with van der Waals surface area (Å²) >= 11 is 10.9. The van der Waals surface area contributed by atoms with Gasteiger partial charge in [0.15, 0.2) is 5.11 Å². The zero-order valence-electron chi connectivity index (χ0n) is 12.4. The van der Waals surface area contributed by atoms with Gasteiger partial charge in [-0.05, 0) is 36.5 Å². The van der Waals surface area contributed by atoms with Crippen LogP contribution in [0.5, 0.6) is 5.75 Å². The molecule has 0 aliphatic rings. The van der Waals surface area contributed by atoms with Crippen LogP contribution in [0.2, 0.25) is 5.02 Å². The Morgan fingerprint density at radius 2 is 2.00 bits per heavy atom. The molecule has 24 heavy (non-hydrogen) atoms. The highest BCUT2D eigenvalue weighted by atomic mass is 35.5. The lowest BCUT2D eigenvalue weighted by Crippen LogP contribution is -2.34. The molecular weight excluding hydrogens is 354 g/mol. The van der Waals surface area contributed by atoms with Crippen LogP contribution >= 0.6 is 23.8 Å². The zero-order valence-corrected chi connectivity index (χ0v) is 14.0. The summed E-state index contributed by atoms with van der Waals surface area (Å²) in [5.74, 6) is -0.226. The molecule has 0 bridgehead atoms. The van der Waals surface area contributed by atoms with Gasteiger partial charge in [0.2, 0.25) is 0 Å². The van der Waals surface area contributed by atoms with Gasteiger partial charge in [0.1, 0.15) is 11.4 Å². The van der Waals surface area contributed by atoms with Crippen molar-refractivity contribution >= 4 is 46.2 Å². The van der Waals surface area contributed by atoms with E-state index in [9.17, 15) is 14.9 Å². The van der Waals surface area contributed by atoms with Crippen molar-refractivity contribution in [3.8, 4) is 5.75 Å². The average molecular weight is 366 g/mol. The van der Waals surface area contributed by atoms with Crippen molar-refractivity contribution in [3.05, 3.63) is 63.2 Å². The van der Waals surface area contributed by atoms with Gasteiger partial charge < -0.3 is 10.1 Å². The molecule has 124 valence electrons. The third-order valence-corrected chi connectivity index (χ3v) is 3.42. The second kappa shape index (κ2) is 7.71. The molecule has 0 aliphatic heterocycles. The third-order valence-electron chi connectivity index (χ3n) is 2.98. The number of halogens is 1. The Morgan fingerprint density at radius 1 is 1.29 bits per heavy atom. The second-order valence-electron chi connectivity index (χ2n) is 4.53. The van der Waals surface area contributed by atoms with Crippen LogP contribution in [-0.4, -0.2) is 23.1 Å². The molecule has 9 heteroatoms. The topological polar surface area (TPSA) is 93.5 Å². The maximum atomic E-state index is 12.3. The van der Waals surface area contributed by atoms with E-state index < -0.39 is 10.8 Å². The Bertz CT molecular complexity index is 813. The molecule has 0 aliphatic carbocycles. The van der Waals surface area contributed by atoms with Gasteiger partial charge in [-0.25, -0.2) is 0 Å². The smallest absolute Gasteiger partial charge is 0.292 e. The van der Waals surface area contributed by atoms with Crippen LogP contribution in [0, 0.1) is 10.1 Å². The Hall–Kier alpha value is -2.71. The van der Waals surface area contributed by atoms with Crippen LogP contribution in [0.15, 0.2) is 42.5 Å². The minimum absolute atomic E-state index is 0.0867. The van der Waals surface area contributed by atoms with Gasteiger partial charge in [0.25, 0.3) is 11.6 Å². The molecule has 0 aromatic heterocycles. The standard InChI is InChI=1S/C15H12ClN3O4S/c1-23-13-7-6-9(16)8-10(13)14(20)18-15(24)17-11-4-2-3-5-12(11)19(21)22/h2-8H,1H3,(H2,17,18,20,24). The summed E-state index contributed by atoms with van der Waals surface area (Å²) in [6.07, 6.45) is 0. The molecule has 0 atom stereocenters. The predicted octanol–water partition coefficient (Wildman–Crippen LogP) is 3.38. The number of benzene rings is 2. The van der Waals surface area contributed by atoms with Crippen LogP contribution in [0.25, 0.3) is 0 Å². The number of amides is 1. The Balaban J connectivity index is 2.15. The molecule has 0 radical (unpaired) electrons. The summed E-state index contributed by atoms with van der Waals surface area (Å²) < 4.78 is 5.10. The maximum absolute atomic E-state index is 12.3. The lowest BCUT2D eigenvalue weighted by atomic mass is 10.2. The molecule has 0 heterocycles. The number of para-hydroxylation sites is 2. The van der Waals surface area contributed by atoms with Crippen molar-refractivity contribution < 1.29 is 14.5 Å². The van der Waals surface area contributed by atoms with E-state index in [4.69, 9.17) is 28.6 Å². The van der Waals surface area contributed by atoms with Gasteiger partial charge in [0.05, 0.1) is 17.6 Å². The third kappa shape index (κ3) is 4.18. The first-order chi connectivity index (χ1) is 11.4. The lowest BCUT2D eigenvalue weighted by Gasteiger charge is -2.12. The monoisotopic (exact) mass is 365 g/mol. The van der Waals surface area contributed by atoms with E-state index in [2.05, 4.69) is 10.6 Å². The van der Waals surface area contributed by atoms with Crippen molar-refractivity contribution in [2.24, 2.45) is 0 Å². The molecule has 7 nitrogen and oxygen atoms in total. The summed E-state index contributed by atoms with van der Waals surface area (Å²) in [5.41, 5.74) is 0.206. The van der Waals surface area contributed by atoms with Gasteiger partial charge in [-0.3, -0.25) is 20.2 Å². The van der Waals surface area contributed by atoms with E-state index in [-0.39, 0.29) is 22.1 Å². The number of nitro benzene ring substituents is 1. The largest absolute Gasteiger partial charge is 0.496 e. The maximum Gasteiger partial charge on any atom is 0.292 e. The highest BCUT2D eigenvalue weighted by Crippen LogP contribution is 2.24. The molecule has 2 N–H and O–H groups in total. The molecule has 0 unspecified atom stereocenters. The van der Waals surface area contributed by atoms with Crippen molar-refractivity contribution in [3.63, 3.8) is 0 Å². The summed E-state index contributed by atoms with van der Waals surface area (Å²) in [6, 6.07) is 10.5. The first-order valence-corrected chi connectivity index (χ1v) is 7.40. The predicted molar refractivity (Wildman–Crippen MR) is 94.8 cm³/mol. The number of anilines is 1. The summed E-state index contributed by atoms with van der Waals surface area (Å²) in [4.78, 5) is 22.7. The van der Waals surface area contributed by atoms with E-state index in [1.54, 1.807) is 18.2 Å². The van der Waals surface area contributed by atoms with Gasteiger partial charge in [0, 0.05) is 11.1 Å². The number of hydrogen-bond acceptors (Lipinski definition) is 5. The van der Waals surface area contributed by atoms with Crippen LogP contribution < -0.4 is 15.4 Å². The first kappa shape index (κ1) is 17.6. The molecule has 0 saturated carbocycles. The fourth-order valence-corrected chi connectivity index (χ4v) is 2.29. The van der Waals surface area contributed by atoms with Crippen molar-refractivity contribution in [2.45, 2.75) is 0 Å². The van der Waals surface area contributed by atoms with Gasteiger partial charge >= 0.3 is 0 Å². The van der Waals surface area contributed by atoms with Crippen molar-refractivity contribution in [1.82, 2.24) is 5.32 Å². The highest BCUT2D eigenvalue weighted by Gasteiger charge is 2.17. The number of rotatable bonds is 4. The normalized spacial score (nSPS) is 9.92. The SMILES string of the molecule is COc1ccc(Cl)cc1C(=O)NC(=S)Nc1ccccc1[N+](=O)[O-]. The molecule has 0 saturated heterocycles. The fraction of sp³-hybridized carbons (Fsp3) is 0.0667. The lowest BCUT2D eigenvalue weighted by molar-refractivity contribution is -0.383. The number of nitrogens with one attached hydrogen (secondary N) is 2. The Morgan fingerprint density at radius 3 is 2.67 bits per heavy atom. The second-order valence-corrected chi connectivity index (χ2v) is 5.37. The number of thiocarbonyl (C=S) groups is 1. The van der Waals surface area contributed by atoms with E-state index in [1.165, 1.54) is 31.4 Å². The van der Waals surface area contributed by atoms with E-state index in [0.29, 0.717) is 10.8 Å². The molecule has 2 aromatic carbocycles. The van der Waals surface area contributed by atoms with Crippen LogP contribution in [0.1, 0.15) is 10.4 Å². The fourth-order valence-electron chi connectivity index (χ4n) is 1.92. The quantitative estimate of drug-likeness (QED) is 0.490. The molecule has 2 rings (SSSR count). The number of hydrogen-bond donors (Lipinski definition) is 2. The molecule has 0 spiro atoms. The van der Waals surface area contributed by atoms with Crippen molar-refractivity contribution in [1.29, 1.82) is 0 Å². The minimum atomic E-state index is -0.551. The van der Waals surface area contributed by atoms with Crippen molar-refractivity contribution in [2.75, 3.05) is 12.4 Å². The van der Waals surface area contributed by atoms with E-state index in [0.717, 1.165) is 0 Å². The van der Waals surface area contributed by atoms with Gasteiger partial charge in [-0.1, -0.05) is 23.7 Å². The summed E-state index contributed by atoms with van der Waals surface area (Å²) in [5, 5.41) is 16.3.